The second kappa shape index (κ2) is 7.23. The first kappa shape index (κ1) is 16.8. The number of hydrogen-bond acceptors (Lipinski definition) is 7. The molecule has 0 aliphatic rings. The molecule has 6 nitrogen and oxygen atoms in total. The Morgan fingerprint density at radius 3 is 2.96 bits per heavy atom. The maximum atomic E-state index is 12.5. The lowest BCUT2D eigenvalue weighted by Gasteiger charge is -2.01. The van der Waals surface area contributed by atoms with Crippen molar-refractivity contribution in [1.29, 1.82) is 0 Å². The number of anilines is 1. The van der Waals surface area contributed by atoms with Crippen molar-refractivity contribution < 1.29 is 13.9 Å². The zero-order valence-electron chi connectivity index (χ0n) is 13.6. The lowest BCUT2D eigenvalue weighted by atomic mass is 10.1. The van der Waals surface area contributed by atoms with Crippen LogP contribution in [-0.4, -0.2) is 28.5 Å². The first-order valence-corrected chi connectivity index (χ1v) is 9.36. The molecule has 24 heavy (non-hydrogen) atoms. The highest BCUT2D eigenvalue weighted by molar-refractivity contribution is 8.01. The van der Waals surface area contributed by atoms with Gasteiger partial charge in [0.25, 0.3) is 5.91 Å². The lowest BCUT2D eigenvalue weighted by molar-refractivity contribution is 0.0998. The van der Waals surface area contributed by atoms with E-state index in [9.17, 15) is 4.79 Å². The minimum absolute atomic E-state index is 0.276. The molecule has 3 rings (SSSR count). The van der Waals surface area contributed by atoms with E-state index in [4.69, 9.17) is 9.15 Å². The Kier molecular flexibility index (Phi) is 5.06. The summed E-state index contributed by atoms with van der Waals surface area (Å²) >= 11 is 2.94. The second-order valence-electron chi connectivity index (χ2n) is 4.91. The van der Waals surface area contributed by atoms with Crippen molar-refractivity contribution in [2.24, 2.45) is 0 Å². The van der Waals surface area contributed by atoms with Crippen LogP contribution in [0.25, 0.3) is 11.0 Å². The van der Waals surface area contributed by atoms with Gasteiger partial charge in [-0.2, -0.15) is 0 Å². The molecule has 0 fully saturated rings. The lowest BCUT2D eigenvalue weighted by Crippen LogP contribution is -2.11. The maximum absolute atomic E-state index is 12.5. The van der Waals surface area contributed by atoms with Gasteiger partial charge in [-0.1, -0.05) is 30.0 Å². The first-order chi connectivity index (χ1) is 11.6. The third kappa shape index (κ3) is 3.39. The van der Waals surface area contributed by atoms with Crippen LogP contribution in [0.5, 0.6) is 5.75 Å². The van der Waals surface area contributed by atoms with Crippen molar-refractivity contribution >= 4 is 45.1 Å². The average molecular weight is 363 g/mol. The van der Waals surface area contributed by atoms with E-state index in [0.29, 0.717) is 17.3 Å². The van der Waals surface area contributed by atoms with Gasteiger partial charge in [0.15, 0.2) is 10.1 Å². The molecule has 0 aliphatic carbocycles. The van der Waals surface area contributed by atoms with Crippen LogP contribution < -0.4 is 10.1 Å². The van der Waals surface area contributed by atoms with Gasteiger partial charge in [-0.3, -0.25) is 10.1 Å². The Labute approximate surface area is 147 Å². The average Bonchev–Trinajstić information content (AvgIpc) is 3.13. The van der Waals surface area contributed by atoms with Gasteiger partial charge in [0, 0.05) is 10.9 Å². The van der Waals surface area contributed by atoms with E-state index >= 15 is 0 Å². The number of nitrogens with zero attached hydrogens (tertiary/aromatic N) is 2. The third-order valence-corrected chi connectivity index (χ3v) is 5.17. The molecule has 0 bridgehead atoms. The fourth-order valence-corrected chi connectivity index (χ4v) is 3.91. The van der Waals surface area contributed by atoms with Gasteiger partial charge in [-0.15, -0.1) is 10.2 Å². The molecule has 0 radical (unpaired) electrons. The number of benzene rings is 1. The van der Waals surface area contributed by atoms with E-state index in [0.717, 1.165) is 26.8 Å². The fraction of sp³-hybridized carbons (Fsp3) is 0.312. The molecule has 1 aromatic carbocycles. The summed E-state index contributed by atoms with van der Waals surface area (Å²) in [4.78, 5) is 12.5. The van der Waals surface area contributed by atoms with E-state index < -0.39 is 0 Å². The van der Waals surface area contributed by atoms with Crippen LogP contribution in [0.4, 0.5) is 5.13 Å². The van der Waals surface area contributed by atoms with Crippen LogP contribution in [0.15, 0.2) is 27.0 Å². The predicted octanol–water partition coefficient (Wildman–Crippen LogP) is 4.36. The van der Waals surface area contributed by atoms with Gasteiger partial charge < -0.3 is 9.15 Å². The maximum Gasteiger partial charge on any atom is 0.293 e. The minimum atomic E-state index is -0.328. The van der Waals surface area contributed by atoms with E-state index in [2.05, 4.69) is 15.5 Å². The summed E-state index contributed by atoms with van der Waals surface area (Å²) in [5.74, 6) is 1.61. The van der Waals surface area contributed by atoms with Gasteiger partial charge in [0.1, 0.15) is 11.3 Å². The molecule has 0 atom stereocenters. The van der Waals surface area contributed by atoms with E-state index in [1.807, 2.05) is 39.0 Å². The summed E-state index contributed by atoms with van der Waals surface area (Å²) in [7, 11) is 0. The molecule has 126 valence electrons. The van der Waals surface area contributed by atoms with Gasteiger partial charge in [0.05, 0.1) is 6.61 Å². The highest BCUT2D eigenvalue weighted by Crippen LogP contribution is 2.30. The summed E-state index contributed by atoms with van der Waals surface area (Å²) in [6.45, 7) is 6.41. The number of rotatable bonds is 6. The molecular formula is C16H17N3O3S2. The highest BCUT2D eigenvalue weighted by atomic mass is 32.2. The number of furan rings is 1. The number of fused-ring (bicyclic) bond motifs is 1. The number of aromatic nitrogens is 2. The third-order valence-electron chi connectivity index (χ3n) is 3.32. The highest BCUT2D eigenvalue weighted by Gasteiger charge is 2.19. The number of nitrogens with one attached hydrogen (secondary N) is 1. The van der Waals surface area contributed by atoms with E-state index in [1.54, 1.807) is 11.8 Å². The van der Waals surface area contributed by atoms with Crippen molar-refractivity contribution in [3.05, 3.63) is 29.5 Å². The van der Waals surface area contributed by atoms with E-state index in [-0.39, 0.29) is 11.7 Å². The Hall–Kier alpha value is -2.06. The van der Waals surface area contributed by atoms with Crippen molar-refractivity contribution in [2.45, 2.75) is 25.1 Å². The molecule has 2 aromatic heterocycles. The molecule has 8 heteroatoms. The summed E-state index contributed by atoms with van der Waals surface area (Å²) < 4.78 is 12.0. The number of hydrogen-bond donors (Lipinski definition) is 1. The standard InChI is InChI=1S/C16H17N3O3S2/c1-4-21-10-6-7-12-11(8-10)9(3)13(22-12)14(20)17-15-18-19-16(24-15)23-5-2/h6-8H,4-5H2,1-3H3,(H,17,18,20). The number of amides is 1. The minimum Gasteiger partial charge on any atom is -0.494 e. The van der Waals surface area contributed by atoms with Crippen molar-refractivity contribution in [3.63, 3.8) is 0 Å². The molecule has 2 heterocycles. The molecular weight excluding hydrogens is 346 g/mol. The Bertz CT molecular complexity index is 873. The van der Waals surface area contributed by atoms with Gasteiger partial charge in [-0.25, -0.2) is 0 Å². The second-order valence-corrected chi connectivity index (χ2v) is 7.40. The monoisotopic (exact) mass is 363 g/mol. The van der Waals surface area contributed by atoms with Gasteiger partial charge in [-0.05, 0) is 37.8 Å². The first-order valence-electron chi connectivity index (χ1n) is 7.56. The molecule has 0 spiro atoms. The van der Waals surface area contributed by atoms with Crippen LogP contribution in [0.2, 0.25) is 0 Å². The topological polar surface area (TPSA) is 77.2 Å². The molecule has 0 unspecified atom stereocenters. The molecule has 1 amide bonds. The quantitative estimate of drug-likeness (QED) is 0.518. The molecule has 0 saturated carbocycles. The zero-order valence-corrected chi connectivity index (χ0v) is 15.2. The van der Waals surface area contributed by atoms with Crippen LogP contribution in [-0.2, 0) is 0 Å². The van der Waals surface area contributed by atoms with Gasteiger partial charge in [0.2, 0.25) is 5.13 Å². The summed E-state index contributed by atoms with van der Waals surface area (Å²) in [6, 6.07) is 5.52. The van der Waals surface area contributed by atoms with Crippen molar-refractivity contribution in [1.82, 2.24) is 10.2 Å². The smallest absolute Gasteiger partial charge is 0.293 e. The predicted molar refractivity (Wildman–Crippen MR) is 96.4 cm³/mol. The number of ether oxygens (including phenoxy) is 1. The number of carbonyl (C=O) groups excluding carboxylic acids is 1. The Balaban J connectivity index is 1.84. The van der Waals surface area contributed by atoms with Crippen LogP contribution in [0, 0.1) is 6.92 Å². The molecule has 0 saturated heterocycles. The van der Waals surface area contributed by atoms with Gasteiger partial charge >= 0.3 is 0 Å². The van der Waals surface area contributed by atoms with Crippen molar-refractivity contribution in [3.8, 4) is 5.75 Å². The summed E-state index contributed by atoms with van der Waals surface area (Å²) in [5, 5.41) is 12.1. The fourth-order valence-electron chi connectivity index (χ4n) is 2.27. The number of carbonyl (C=O) groups is 1. The Morgan fingerprint density at radius 2 is 2.21 bits per heavy atom. The summed E-state index contributed by atoms with van der Waals surface area (Å²) in [5.41, 5.74) is 1.43. The van der Waals surface area contributed by atoms with Crippen LogP contribution >= 0.6 is 23.1 Å². The molecule has 0 aliphatic heterocycles. The summed E-state index contributed by atoms with van der Waals surface area (Å²) in [6.07, 6.45) is 0. The Morgan fingerprint density at radius 1 is 1.38 bits per heavy atom. The van der Waals surface area contributed by atoms with Crippen LogP contribution in [0.3, 0.4) is 0 Å². The number of aryl methyl sites for hydroxylation is 1. The molecule has 1 N–H and O–H groups in total. The SMILES string of the molecule is CCOc1ccc2oc(C(=O)Nc3nnc(SCC)s3)c(C)c2c1. The van der Waals surface area contributed by atoms with E-state index in [1.165, 1.54) is 11.3 Å². The van der Waals surface area contributed by atoms with Crippen LogP contribution in [0.1, 0.15) is 30.0 Å². The van der Waals surface area contributed by atoms with Crippen molar-refractivity contribution in [2.75, 3.05) is 17.7 Å². The zero-order chi connectivity index (χ0) is 17.1. The molecule has 3 aromatic rings. The largest absolute Gasteiger partial charge is 0.494 e. The number of thioether (sulfide) groups is 1. The normalized spacial score (nSPS) is 11.0.